The monoisotopic (exact) mass is 278 g/mol. The van der Waals surface area contributed by atoms with Gasteiger partial charge >= 0.3 is 0 Å². The number of nitrogens with zero attached hydrogens (tertiary/aromatic N) is 4. The van der Waals surface area contributed by atoms with Gasteiger partial charge in [-0.3, -0.25) is 14.2 Å². The quantitative estimate of drug-likeness (QED) is 0.624. The van der Waals surface area contributed by atoms with E-state index in [4.69, 9.17) is 11.6 Å². The maximum absolute atomic E-state index is 11.9. The zero-order valence-corrected chi connectivity index (χ0v) is 11.6. The van der Waals surface area contributed by atoms with Crippen LogP contribution < -0.4 is 0 Å². The van der Waals surface area contributed by atoms with E-state index in [2.05, 4.69) is 10.2 Å². The molecule has 0 N–H and O–H groups in total. The van der Waals surface area contributed by atoms with Crippen LogP contribution in [0.2, 0.25) is 5.02 Å². The summed E-state index contributed by atoms with van der Waals surface area (Å²) in [4.78, 5) is 11.9. The van der Waals surface area contributed by atoms with Crippen LogP contribution in [0.25, 0.3) is 6.08 Å². The first-order valence-corrected chi connectivity index (χ1v) is 6.49. The lowest BCUT2D eigenvalue weighted by atomic mass is 10.2. The van der Waals surface area contributed by atoms with Crippen LogP contribution >= 0.6 is 11.6 Å². The zero-order valence-electron chi connectivity index (χ0n) is 10.9. The third-order valence-corrected chi connectivity index (χ3v) is 2.99. The van der Waals surface area contributed by atoms with Gasteiger partial charge in [-0.1, -0.05) is 11.6 Å². The highest BCUT2D eigenvalue weighted by molar-refractivity contribution is 6.31. The molecule has 2 rings (SSSR count). The first-order valence-electron chi connectivity index (χ1n) is 6.11. The first-order chi connectivity index (χ1) is 9.13. The average molecular weight is 279 g/mol. The van der Waals surface area contributed by atoms with Gasteiger partial charge in [0.1, 0.15) is 5.69 Å². The number of hydrogen-bond acceptors (Lipinski definition) is 3. The van der Waals surface area contributed by atoms with Crippen molar-refractivity contribution in [3.63, 3.8) is 0 Å². The van der Waals surface area contributed by atoms with Gasteiger partial charge in [0.2, 0.25) is 0 Å². The maximum atomic E-state index is 11.9. The topological polar surface area (TPSA) is 52.7 Å². The van der Waals surface area contributed by atoms with Crippen molar-refractivity contribution >= 4 is 23.5 Å². The molecule has 0 saturated carbocycles. The molecular formula is C13H15ClN4O. The second-order valence-corrected chi connectivity index (χ2v) is 4.41. The Hall–Kier alpha value is -1.88. The second-order valence-electron chi connectivity index (χ2n) is 4.00. The van der Waals surface area contributed by atoms with Gasteiger partial charge in [0.05, 0.1) is 16.8 Å². The van der Waals surface area contributed by atoms with Crippen molar-refractivity contribution in [3.8, 4) is 0 Å². The largest absolute Gasteiger partial charge is 0.289 e. The lowest BCUT2D eigenvalue weighted by Gasteiger charge is -1.91. The third-order valence-electron chi connectivity index (χ3n) is 2.70. The van der Waals surface area contributed by atoms with E-state index in [0.717, 1.165) is 13.1 Å². The lowest BCUT2D eigenvalue weighted by molar-refractivity contribution is 0.104. The van der Waals surface area contributed by atoms with Crippen LogP contribution in [-0.2, 0) is 13.1 Å². The molecule has 19 heavy (non-hydrogen) atoms. The van der Waals surface area contributed by atoms with Crippen molar-refractivity contribution in [2.24, 2.45) is 0 Å². The van der Waals surface area contributed by atoms with Crippen LogP contribution in [0, 0.1) is 0 Å². The van der Waals surface area contributed by atoms with Gasteiger partial charge in [-0.25, -0.2) is 0 Å². The molecule has 0 atom stereocenters. The number of ketones is 1. The molecule has 2 heterocycles. The zero-order chi connectivity index (χ0) is 13.8. The Kier molecular flexibility index (Phi) is 4.16. The normalized spacial score (nSPS) is 11.3. The molecule has 0 saturated heterocycles. The first kappa shape index (κ1) is 13.5. The van der Waals surface area contributed by atoms with Gasteiger partial charge in [-0.15, -0.1) is 0 Å². The molecule has 6 heteroatoms. The van der Waals surface area contributed by atoms with Crippen molar-refractivity contribution in [2.45, 2.75) is 26.9 Å². The molecule has 0 radical (unpaired) electrons. The fourth-order valence-corrected chi connectivity index (χ4v) is 1.81. The van der Waals surface area contributed by atoms with Crippen molar-refractivity contribution in [3.05, 3.63) is 40.9 Å². The van der Waals surface area contributed by atoms with E-state index >= 15 is 0 Å². The number of aromatic nitrogens is 4. The summed E-state index contributed by atoms with van der Waals surface area (Å²) < 4.78 is 3.43. The van der Waals surface area contributed by atoms with Gasteiger partial charge in [-0.2, -0.15) is 10.2 Å². The smallest absolute Gasteiger partial charge is 0.189 e. The Balaban J connectivity index is 2.13. The Morgan fingerprint density at radius 1 is 1.32 bits per heavy atom. The maximum Gasteiger partial charge on any atom is 0.189 e. The van der Waals surface area contributed by atoms with E-state index in [-0.39, 0.29) is 5.78 Å². The Morgan fingerprint density at radius 3 is 2.63 bits per heavy atom. The standard InChI is InChI=1S/C13H15ClN4O/c1-3-17-8-10(7-15-17)13(19)6-5-12-11(14)9-18(4-2)16-12/h5-9H,3-4H2,1-2H3/b6-5+. The molecule has 0 aliphatic heterocycles. The van der Waals surface area contributed by atoms with Gasteiger partial charge < -0.3 is 0 Å². The van der Waals surface area contributed by atoms with Crippen LogP contribution in [0.5, 0.6) is 0 Å². The van der Waals surface area contributed by atoms with Crippen LogP contribution in [0.15, 0.2) is 24.7 Å². The molecular weight excluding hydrogens is 264 g/mol. The van der Waals surface area contributed by atoms with Crippen molar-refractivity contribution in [1.82, 2.24) is 19.6 Å². The number of halogens is 1. The molecule has 0 aliphatic rings. The Morgan fingerprint density at radius 2 is 2.05 bits per heavy atom. The van der Waals surface area contributed by atoms with Gasteiger partial charge in [0.15, 0.2) is 5.78 Å². The van der Waals surface area contributed by atoms with Crippen LogP contribution in [0.3, 0.4) is 0 Å². The minimum Gasteiger partial charge on any atom is -0.289 e. The number of carbonyl (C=O) groups excluding carboxylic acids is 1. The summed E-state index contributed by atoms with van der Waals surface area (Å²) in [7, 11) is 0. The van der Waals surface area contributed by atoms with E-state index in [1.54, 1.807) is 34.0 Å². The van der Waals surface area contributed by atoms with E-state index in [1.165, 1.54) is 6.08 Å². The SMILES string of the molecule is CCn1cc(C(=O)/C=C/c2nn(CC)cc2Cl)cn1. The molecule has 100 valence electrons. The molecule has 2 aromatic rings. The predicted octanol–water partition coefficient (Wildman–Crippen LogP) is 2.67. The summed E-state index contributed by atoms with van der Waals surface area (Å²) >= 11 is 6.02. The molecule has 0 aliphatic carbocycles. The number of allylic oxidation sites excluding steroid dienone is 1. The van der Waals surface area contributed by atoms with Gasteiger partial charge in [0, 0.05) is 25.5 Å². The highest BCUT2D eigenvalue weighted by Gasteiger charge is 2.07. The molecule has 5 nitrogen and oxygen atoms in total. The van der Waals surface area contributed by atoms with Crippen LogP contribution in [0.4, 0.5) is 0 Å². The third kappa shape index (κ3) is 3.12. The number of rotatable bonds is 5. The summed E-state index contributed by atoms with van der Waals surface area (Å²) in [6.07, 6.45) is 8.10. The summed E-state index contributed by atoms with van der Waals surface area (Å²) in [5, 5.41) is 8.84. The van der Waals surface area contributed by atoms with Crippen LogP contribution in [0.1, 0.15) is 29.9 Å². The minimum atomic E-state index is -0.109. The van der Waals surface area contributed by atoms with E-state index < -0.39 is 0 Å². The van der Waals surface area contributed by atoms with Crippen molar-refractivity contribution in [1.29, 1.82) is 0 Å². The Bertz CT molecular complexity index is 612. The van der Waals surface area contributed by atoms with E-state index in [1.807, 2.05) is 13.8 Å². The molecule has 0 bridgehead atoms. The predicted molar refractivity (Wildman–Crippen MR) is 74.2 cm³/mol. The molecule has 0 amide bonds. The minimum absolute atomic E-state index is 0.109. The van der Waals surface area contributed by atoms with Crippen LogP contribution in [-0.4, -0.2) is 25.3 Å². The highest BCUT2D eigenvalue weighted by Crippen LogP contribution is 2.15. The van der Waals surface area contributed by atoms with Crippen molar-refractivity contribution < 1.29 is 4.79 Å². The van der Waals surface area contributed by atoms with Gasteiger partial charge in [-0.05, 0) is 26.0 Å². The summed E-state index contributed by atoms with van der Waals surface area (Å²) in [6.45, 7) is 5.42. The molecule has 0 spiro atoms. The summed E-state index contributed by atoms with van der Waals surface area (Å²) in [5.41, 5.74) is 1.16. The number of hydrogen-bond donors (Lipinski definition) is 0. The fourth-order valence-electron chi connectivity index (χ4n) is 1.60. The number of carbonyl (C=O) groups is 1. The van der Waals surface area contributed by atoms with E-state index in [0.29, 0.717) is 16.3 Å². The average Bonchev–Trinajstić information content (AvgIpc) is 3.02. The fraction of sp³-hybridized carbons (Fsp3) is 0.308. The Labute approximate surface area is 116 Å². The molecule has 2 aromatic heterocycles. The second kappa shape index (κ2) is 5.84. The lowest BCUT2D eigenvalue weighted by Crippen LogP contribution is -1.95. The summed E-state index contributed by atoms with van der Waals surface area (Å²) in [6, 6.07) is 0. The molecule has 0 aromatic carbocycles. The van der Waals surface area contributed by atoms with E-state index in [9.17, 15) is 4.79 Å². The molecule has 0 fully saturated rings. The number of aryl methyl sites for hydroxylation is 2. The summed E-state index contributed by atoms with van der Waals surface area (Å²) in [5.74, 6) is -0.109. The highest BCUT2D eigenvalue weighted by atomic mass is 35.5. The molecule has 0 unspecified atom stereocenters. The van der Waals surface area contributed by atoms with Crippen molar-refractivity contribution in [2.75, 3.05) is 0 Å². The van der Waals surface area contributed by atoms with Gasteiger partial charge in [0.25, 0.3) is 0 Å².